The Labute approximate surface area is 119 Å². The van der Waals surface area contributed by atoms with Gasteiger partial charge in [0.15, 0.2) is 11.6 Å². The molecule has 0 spiro atoms. The molecule has 20 heavy (non-hydrogen) atoms. The molecular formula is C13H12ClF2N3O. The zero-order valence-corrected chi connectivity index (χ0v) is 11.7. The molecule has 0 atom stereocenters. The lowest BCUT2D eigenvalue weighted by molar-refractivity contribution is 0.489. The minimum atomic E-state index is -0.961. The van der Waals surface area contributed by atoms with E-state index in [9.17, 15) is 13.6 Å². The van der Waals surface area contributed by atoms with Crippen LogP contribution in [0.5, 0.6) is 0 Å². The first-order valence-corrected chi connectivity index (χ1v) is 6.34. The Kier molecular flexibility index (Phi) is 4.13. The normalized spacial score (nSPS) is 11.1. The van der Waals surface area contributed by atoms with E-state index >= 15 is 0 Å². The van der Waals surface area contributed by atoms with Gasteiger partial charge in [0, 0.05) is 18.3 Å². The molecule has 2 rings (SSSR count). The van der Waals surface area contributed by atoms with Gasteiger partial charge in [0.2, 0.25) is 5.28 Å². The van der Waals surface area contributed by atoms with E-state index in [2.05, 4.69) is 9.97 Å². The zero-order valence-electron chi connectivity index (χ0n) is 10.9. The monoisotopic (exact) mass is 299 g/mol. The van der Waals surface area contributed by atoms with Crippen molar-refractivity contribution in [3.8, 4) is 11.3 Å². The molecule has 0 saturated heterocycles. The standard InChI is InChI=1S/C13H12ClF2N3O/c1-7(2)5-19-6-8(3-9(15)12(19)20)11-10(16)4-17-13(14)18-11/h3-4,6-7H,5H2,1-2H3. The van der Waals surface area contributed by atoms with E-state index in [0.29, 0.717) is 6.54 Å². The van der Waals surface area contributed by atoms with Crippen molar-refractivity contribution in [1.29, 1.82) is 0 Å². The fourth-order valence-electron chi connectivity index (χ4n) is 1.81. The van der Waals surface area contributed by atoms with E-state index in [4.69, 9.17) is 11.6 Å². The molecular weight excluding hydrogens is 288 g/mol. The smallest absolute Gasteiger partial charge is 0.286 e. The van der Waals surface area contributed by atoms with Crippen LogP contribution in [0.25, 0.3) is 11.3 Å². The molecule has 2 heterocycles. The molecule has 7 heteroatoms. The molecule has 0 radical (unpaired) electrons. The highest BCUT2D eigenvalue weighted by atomic mass is 35.5. The Hall–Kier alpha value is -1.82. The summed E-state index contributed by atoms with van der Waals surface area (Å²) >= 11 is 5.61. The number of hydrogen-bond acceptors (Lipinski definition) is 3. The average Bonchev–Trinajstić information content (AvgIpc) is 2.37. The lowest BCUT2D eigenvalue weighted by atomic mass is 10.1. The summed E-state index contributed by atoms with van der Waals surface area (Å²) in [6, 6.07) is 0.945. The largest absolute Gasteiger partial charge is 0.312 e. The average molecular weight is 300 g/mol. The summed E-state index contributed by atoms with van der Waals surface area (Å²) in [6.07, 6.45) is 2.27. The van der Waals surface area contributed by atoms with Crippen LogP contribution in [0.1, 0.15) is 13.8 Å². The van der Waals surface area contributed by atoms with Crippen molar-refractivity contribution in [3.05, 3.63) is 45.7 Å². The van der Waals surface area contributed by atoms with Gasteiger partial charge < -0.3 is 4.57 Å². The first-order chi connectivity index (χ1) is 9.38. The third-order valence-corrected chi connectivity index (χ3v) is 2.77. The van der Waals surface area contributed by atoms with E-state index in [-0.39, 0.29) is 22.5 Å². The van der Waals surface area contributed by atoms with E-state index in [0.717, 1.165) is 12.3 Å². The highest BCUT2D eigenvalue weighted by molar-refractivity contribution is 6.28. The molecule has 2 aromatic rings. The molecule has 0 N–H and O–H groups in total. The Morgan fingerprint density at radius 2 is 2.05 bits per heavy atom. The molecule has 0 fully saturated rings. The van der Waals surface area contributed by atoms with E-state index < -0.39 is 17.2 Å². The van der Waals surface area contributed by atoms with Crippen LogP contribution in [-0.4, -0.2) is 14.5 Å². The summed E-state index contributed by atoms with van der Waals surface area (Å²) in [5.74, 6) is -1.55. The third-order valence-electron chi connectivity index (χ3n) is 2.59. The van der Waals surface area contributed by atoms with E-state index in [1.807, 2.05) is 13.8 Å². The van der Waals surface area contributed by atoms with Crippen LogP contribution in [0.4, 0.5) is 8.78 Å². The zero-order chi connectivity index (χ0) is 14.9. The molecule has 0 aliphatic rings. The number of rotatable bonds is 3. The molecule has 0 saturated carbocycles. The molecule has 0 unspecified atom stereocenters. The fourth-order valence-corrected chi connectivity index (χ4v) is 1.94. The fraction of sp³-hybridized carbons (Fsp3) is 0.308. The van der Waals surface area contributed by atoms with Crippen LogP contribution in [0.3, 0.4) is 0 Å². The van der Waals surface area contributed by atoms with Crippen molar-refractivity contribution in [2.24, 2.45) is 5.92 Å². The van der Waals surface area contributed by atoms with Crippen LogP contribution in [-0.2, 0) is 6.54 Å². The number of aromatic nitrogens is 3. The summed E-state index contributed by atoms with van der Waals surface area (Å²) < 4.78 is 28.6. The number of halogens is 3. The Morgan fingerprint density at radius 3 is 2.70 bits per heavy atom. The van der Waals surface area contributed by atoms with Gasteiger partial charge in [-0.15, -0.1) is 0 Å². The van der Waals surface area contributed by atoms with Crippen LogP contribution in [0.15, 0.2) is 23.3 Å². The van der Waals surface area contributed by atoms with Gasteiger partial charge in [-0.05, 0) is 23.6 Å². The predicted octanol–water partition coefficient (Wildman–Crippen LogP) is 2.89. The lowest BCUT2D eigenvalue weighted by Gasteiger charge is -2.11. The van der Waals surface area contributed by atoms with Crippen molar-refractivity contribution < 1.29 is 8.78 Å². The topological polar surface area (TPSA) is 47.8 Å². The molecule has 4 nitrogen and oxygen atoms in total. The molecule has 2 aromatic heterocycles. The highest BCUT2D eigenvalue weighted by Crippen LogP contribution is 2.21. The predicted molar refractivity (Wildman–Crippen MR) is 71.5 cm³/mol. The summed E-state index contributed by atoms with van der Waals surface area (Å²) in [7, 11) is 0. The van der Waals surface area contributed by atoms with Crippen LogP contribution < -0.4 is 5.56 Å². The van der Waals surface area contributed by atoms with Crippen LogP contribution in [0.2, 0.25) is 5.28 Å². The quantitative estimate of drug-likeness (QED) is 0.819. The second-order valence-electron chi connectivity index (χ2n) is 4.76. The van der Waals surface area contributed by atoms with Gasteiger partial charge in [0.25, 0.3) is 5.56 Å². The highest BCUT2D eigenvalue weighted by Gasteiger charge is 2.14. The minimum Gasteiger partial charge on any atom is -0.312 e. The van der Waals surface area contributed by atoms with E-state index in [1.54, 1.807) is 0 Å². The van der Waals surface area contributed by atoms with Gasteiger partial charge in [-0.1, -0.05) is 13.8 Å². The van der Waals surface area contributed by atoms with Gasteiger partial charge in [0.1, 0.15) is 5.69 Å². The van der Waals surface area contributed by atoms with E-state index in [1.165, 1.54) is 10.8 Å². The molecule has 0 aliphatic carbocycles. The van der Waals surface area contributed by atoms with Crippen molar-refractivity contribution in [1.82, 2.24) is 14.5 Å². The number of pyridine rings is 1. The van der Waals surface area contributed by atoms with Gasteiger partial charge in [0.05, 0.1) is 6.20 Å². The number of hydrogen-bond donors (Lipinski definition) is 0. The van der Waals surface area contributed by atoms with Gasteiger partial charge in [-0.2, -0.15) is 0 Å². The maximum atomic E-state index is 13.7. The summed E-state index contributed by atoms with van der Waals surface area (Å²) in [6.45, 7) is 4.10. The Balaban J connectivity index is 2.60. The van der Waals surface area contributed by atoms with Crippen LogP contribution in [0, 0.1) is 17.6 Å². The van der Waals surface area contributed by atoms with Gasteiger partial charge in [-0.25, -0.2) is 18.7 Å². The van der Waals surface area contributed by atoms with Crippen molar-refractivity contribution in [3.63, 3.8) is 0 Å². The summed E-state index contributed by atoms with van der Waals surface area (Å²) in [5, 5.41) is -0.150. The van der Waals surface area contributed by atoms with Crippen molar-refractivity contribution >= 4 is 11.6 Å². The number of nitrogens with zero attached hydrogens (tertiary/aromatic N) is 3. The van der Waals surface area contributed by atoms with Gasteiger partial charge in [-0.3, -0.25) is 4.79 Å². The Morgan fingerprint density at radius 1 is 1.35 bits per heavy atom. The summed E-state index contributed by atoms with van der Waals surface area (Å²) in [4.78, 5) is 18.9. The van der Waals surface area contributed by atoms with Crippen molar-refractivity contribution in [2.45, 2.75) is 20.4 Å². The SMILES string of the molecule is CC(C)Cn1cc(-c2nc(Cl)ncc2F)cc(F)c1=O. The Bertz CT molecular complexity index is 701. The van der Waals surface area contributed by atoms with Gasteiger partial charge >= 0.3 is 0 Å². The van der Waals surface area contributed by atoms with Crippen molar-refractivity contribution in [2.75, 3.05) is 0 Å². The summed E-state index contributed by atoms with van der Waals surface area (Å²) in [5.41, 5.74) is -0.742. The maximum absolute atomic E-state index is 13.7. The lowest BCUT2D eigenvalue weighted by Crippen LogP contribution is -2.24. The molecule has 0 bridgehead atoms. The third kappa shape index (κ3) is 3.01. The molecule has 0 aliphatic heterocycles. The second-order valence-corrected chi connectivity index (χ2v) is 5.10. The first-order valence-electron chi connectivity index (χ1n) is 5.97. The second kappa shape index (κ2) is 5.66. The molecule has 0 amide bonds. The van der Waals surface area contributed by atoms with Crippen LogP contribution >= 0.6 is 11.6 Å². The molecule has 0 aromatic carbocycles. The first kappa shape index (κ1) is 14.6. The minimum absolute atomic E-state index is 0.138. The molecule has 106 valence electrons. The maximum Gasteiger partial charge on any atom is 0.286 e.